The first kappa shape index (κ1) is 15.8. The lowest BCUT2D eigenvalue weighted by molar-refractivity contribution is 0.135. The van der Waals surface area contributed by atoms with E-state index in [-0.39, 0.29) is 24.2 Å². The SMILES string of the molecule is CC1(Br)C=CC(S(=O)(=O)O)=C(CCCC(F)F)C1. The van der Waals surface area contributed by atoms with E-state index < -0.39 is 20.9 Å². The van der Waals surface area contributed by atoms with Crippen LogP contribution in [-0.2, 0) is 10.1 Å². The minimum Gasteiger partial charge on any atom is -0.282 e. The third kappa shape index (κ3) is 4.78. The topological polar surface area (TPSA) is 54.4 Å². The van der Waals surface area contributed by atoms with Crippen molar-refractivity contribution in [3.63, 3.8) is 0 Å². The Bertz CT molecular complexity index is 467. The standard InChI is InChI=1S/C11H15BrF2O3S/c1-11(12)6-5-9(18(15,16)17)8(7-11)3-2-4-10(13)14/h5-6,10H,2-4,7H2,1H3,(H,15,16,17). The fourth-order valence-corrected chi connectivity index (χ4v) is 3.13. The van der Waals surface area contributed by atoms with E-state index in [2.05, 4.69) is 15.9 Å². The Kier molecular flexibility index (Phi) is 5.08. The molecule has 0 saturated carbocycles. The Morgan fingerprint density at radius 2 is 2.17 bits per heavy atom. The average Bonchev–Trinajstić information content (AvgIpc) is 2.13. The molecule has 0 spiro atoms. The van der Waals surface area contributed by atoms with Crippen LogP contribution in [0.3, 0.4) is 0 Å². The summed E-state index contributed by atoms with van der Waals surface area (Å²) in [5.41, 5.74) is 0.486. The van der Waals surface area contributed by atoms with Gasteiger partial charge in [-0.25, -0.2) is 8.78 Å². The number of hydrogen-bond acceptors (Lipinski definition) is 2. The summed E-state index contributed by atoms with van der Waals surface area (Å²) in [6, 6.07) is 0. The maximum absolute atomic E-state index is 12.1. The Morgan fingerprint density at radius 3 is 2.67 bits per heavy atom. The lowest BCUT2D eigenvalue weighted by Gasteiger charge is -2.25. The van der Waals surface area contributed by atoms with E-state index in [0.717, 1.165) is 0 Å². The van der Waals surface area contributed by atoms with E-state index in [0.29, 0.717) is 12.0 Å². The fourth-order valence-electron chi connectivity index (χ4n) is 1.88. The molecule has 7 heteroatoms. The number of hydrogen-bond donors (Lipinski definition) is 1. The highest BCUT2D eigenvalue weighted by molar-refractivity contribution is 9.10. The molecule has 1 unspecified atom stereocenters. The molecular weight excluding hydrogens is 330 g/mol. The van der Waals surface area contributed by atoms with E-state index in [1.165, 1.54) is 6.08 Å². The molecule has 0 amide bonds. The molecule has 0 saturated heterocycles. The number of rotatable bonds is 5. The predicted octanol–water partition coefficient (Wildman–Crippen LogP) is 3.68. The molecule has 0 aromatic rings. The van der Waals surface area contributed by atoms with Crippen LogP contribution >= 0.6 is 15.9 Å². The van der Waals surface area contributed by atoms with Crippen molar-refractivity contribution in [2.24, 2.45) is 0 Å². The first-order chi connectivity index (χ1) is 8.12. The van der Waals surface area contributed by atoms with Gasteiger partial charge in [-0.05, 0) is 37.8 Å². The zero-order chi connectivity index (χ0) is 14.0. The number of halogens is 3. The highest BCUT2D eigenvalue weighted by Gasteiger charge is 2.28. The van der Waals surface area contributed by atoms with Gasteiger partial charge in [0.25, 0.3) is 10.1 Å². The van der Waals surface area contributed by atoms with Crippen molar-refractivity contribution in [3.8, 4) is 0 Å². The van der Waals surface area contributed by atoms with E-state index >= 15 is 0 Å². The van der Waals surface area contributed by atoms with Crippen LogP contribution in [0.25, 0.3) is 0 Å². The first-order valence-electron chi connectivity index (χ1n) is 5.48. The predicted molar refractivity (Wildman–Crippen MR) is 69.5 cm³/mol. The van der Waals surface area contributed by atoms with Crippen molar-refractivity contribution in [2.75, 3.05) is 0 Å². The van der Waals surface area contributed by atoms with Crippen LogP contribution in [0.4, 0.5) is 8.78 Å². The van der Waals surface area contributed by atoms with Gasteiger partial charge in [0.2, 0.25) is 6.43 Å². The molecule has 1 atom stereocenters. The number of alkyl halides is 3. The summed E-state index contributed by atoms with van der Waals surface area (Å²) in [6.45, 7) is 1.84. The summed E-state index contributed by atoms with van der Waals surface area (Å²) < 4.78 is 55.2. The zero-order valence-electron chi connectivity index (χ0n) is 9.87. The molecular formula is C11H15BrF2O3S. The van der Waals surface area contributed by atoms with Gasteiger partial charge in [0, 0.05) is 10.7 Å². The quantitative estimate of drug-likeness (QED) is 0.611. The summed E-state index contributed by atoms with van der Waals surface area (Å²) in [4.78, 5) is -0.159. The van der Waals surface area contributed by atoms with Gasteiger partial charge < -0.3 is 0 Å². The second-order valence-electron chi connectivity index (χ2n) is 4.51. The van der Waals surface area contributed by atoms with Crippen molar-refractivity contribution in [3.05, 3.63) is 22.6 Å². The summed E-state index contributed by atoms with van der Waals surface area (Å²) in [6.07, 6.45) is 1.10. The molecule has 0 heterocycles. The van der Waals surface area contributed by atoms with Crippen molar-refractivity contribution >= 4 is 26.0 Å². The van der Waals surface area contributed by atoms with E-state index in [1.54, 1.807) is 6.08 Å². The van der Waals surface area contributed by atoms with Crippen LogP contribution in [0.15, 0.2) is 22.6 Å². The Balaban J connectivity index is 2.90. The molecule has 18 heavy (non-hydrogen) atoms. The van der Waals surface area contributed by atoms with Crippen LogP contribution in [0.2, 0.25) is 0 Å². The van der Waals surface area contributed by atoms with Crippen LogP contribution in [0.5, 0.6) is 0 Å². The van der Waals surface area contributed by atoms with Crippen LogP contribution in [0, 0.1) is 0 Å². The van der Waals surface area contributed by atoms with Gasteiger partial charge in [-0.15, -0.1) is 0 Å². The highest BCUT2D eigenvalue weighted by Crippen LogP contribution is 2.37. The smallest absolute Gasteiger partial charge is 0.282 e. The molecule has 0 bridgehead atoms. The van der Waals surface area contributed by atoms with Crippen LogP contribution < -0.4 is 0 Å². The average molecular weight is 345 g/mol. The Morgan fingerprint density at radius 1 is 1.56 bits per heavy atom. The van der Waals surface area contributed by atoms with Crippen molar-refractivity contribution in [1.29, 1.82) is 0 Å². The molecule has 0 aromatic heterocycles. The largest absolute Gasteiger partial charge is 0.294 e. The van der Waals surface area contributed by atoms with Gasteiger partial charge in [-0.1, -0.05) is 22.0 Å². The zero-order valence-corrected chi connectivity index (χ0v) is 12.3. The molecule has 0 aliphatic heterocycles. The molecule has 104 valence electrons. The molecule has 1 aliphatic carbocycles. The monoisotopic (exact) mass is 344 g/mol. The van der Waals surface area contributed by atoms with E-state index in [9.17, 15) is 17.2 Å². The maximum Gasteiger partial charge on any atom is 0.294 e. The number of allylic oxidation sites excluding steroid dienone is 3. The third-order valence-corrected chi connectivity index (χ3v) is 4.19. The molecule has 0 radical (unpaired) electrons. The Hall–Kier alpha value is -0.270. The summed E-state index contributed by atoms with van der Waals surface area (Å²) >= 11 is 3.40. The van der Waals surface area contributed by atoms with Gasteiger partial charge in [0.1, 0.15) is 0 Å². The minimum atomic E-state index is -4.29. The lowest BCUT2D eigenvalue weighted by atomic mass is 9.92. The second-order valence-corrected chi connectivity index (χ2v) is 7.72. The second kappa shape index (κ2) is 5.79. The van der Waals surface area contributed by atoms with Gasteiger partial charge in [0.05, 0.1) is 4.91 Å². The van der Waals surface area contributed by atoms with E-state index in [4.69, 9.17) is 4.55 Å². The minimum absolute atomic E-state index is 0.159. The third-order valence-electron chi connectivity index (χ3n) is 2.67. The van der Waals surface area contributed by atoms with Gasteiger partial charge in [-0.2, -0.15) is 8.42 Å². The van der Waals surface area contributed by atoms with Crippen molar-refractivity contribution in [1.82, 2.24) is 0 Å². The highest BCUT2D eigenvalue weighted by atomic mass is 79.9. The van der Waals surface area contributed by atoms with Crippen molar-refractivity contribution in [2.45, 2.75) is 43.4 Å². The van der Waals surface area contributed by atoms with Crippen molar-refractivity contribution < 1.29 is 21.8 Å². The van der Waals surface area contributed by atoms with Gasteiger partial charge >= 0.3 is 0 Å². The molecule has 0 fully saturated rings. The molecule has 1 aliphatic rings. The van der Waals surface area contributed by atoms with E-state index in [1.807, 2.05) is 6.92 Å². The fraction of sp³-hybridized carbons (Fsp3) is 0.636. The normalized spacial score (nSPS) is 25.0. The molecule has 1 N–H and O–H groups in total. The Labute approximate surface area is 114 Å². The molecule has 1 rings (SSSR count). The first-order valence-corrected chi connectivity index (χ1v) is 7.71. The maximum atomic E-state index is 12.1. The molecule has 3 nitrogen and oxygen atoms in total. The van der Waals surface area contributed by atoms with Crippen LogP contribution in [-0.4, -0.2) is 23.7 Å². The summed E-state index contributed by atoms with van der Waals surface area (Å²) in [7, 11) is -4.29. The lowest BCUT2D eigenvalue weighted by Crippen LogP contribution is -2.20. The summed E-state index contributed by atoms with van der Waals surface area (Å²) in [5, 5.41) is 0. The molecule has 0 aromatic carbocycles. The van der Waals surface area contributed by atoms with Gasteiger partial charge in [0.15, 0.2) is 0 Å². The summed E-state index contributed by atoms with van der Waals surface area (Å²) in [5.74, 6) is 0. The van der Waals surface area contributed by atoms with Crippen LogP contribution in [0.1, 0.15) is 32.6 Å². The van der Waals surface area contributed by atoms with Gasteiger partial charge in [-0.3, -0.25) is 4.55 Å².